The van der Waals surface area contributed by atoms with Crippen LogP contribution in [0.2, 0.25) is 0 Å². The quantitative estimate of drug-likeness (QED) is 0.727. The van der Waals surface area contributed by atoms with E-state index in [0.717, 1.165) is 26.2 Å². The van der Waals surface area contributed by atoms with E-state index in [-0.39, 0.29) is 0 Å². The minimum atomic E-state index is 0.398. The van der Waals surface area contributed by atoms with E-state index in [1.54, 1.807) is 0 Å². The van der Waals surface area contributed by atoms with Gasteiger partial charge in [-0.3, -0.25) is 4.90 Å². The predicted molar refractivity (Wildman–Crippen MR) is 70.9 cm³/mol. The van der Waals surface area contributed by atoms with Gasteiger partial charge in [0.05, 0.1) is 12.5 Å². The molecular formula is C13H26N4. The molecule has 17 heavy (non-hydrogen) atoms. The molecule has 0 N–H and O–H groups in total. The van der Waals surface area contributed by atoms with E-state index in [1.807, 2.05) is 0 Å². The van der Waals surface area contributed by atoms with Gasteiger partial charge in [0.1, 0.15) is 0 Å². The molecule has 0 spiro atoms. The summed E-state index contributed by atoms with van der Waals surface area (Å²) in [5, 5.41) is 8.95. The lowest BCUT2D eigenvalue weighted by atomic mass is 10.2. The van der Waals surface area contributed by atoms with Crippen LogP contribution in [-0.4, -0.2) is 74.1 Å². The molecule has 0 saturated carbocycles. The molecule has 2 unspecified atom stereocenters. The van der Waals surface area contributed by atoms with Crippen molar-refractivity contribution in [2.24, 2.45) is 0 Å². The van der Waals surface area contributed by atoms with Crippen LogP contribution >= 0.6 is 0 Å². The van der Waals surface area contributed by atoms with Crippen LogP contribution in [-0.2, 0) is 0 Å². The van der Waals surface area contributed by atoms with E-state index in [4.69, 9.17) is 5.26 Å². The summed E-state index contributed by atoms with van der Waals surface area (Å²) < 4.78 is 0. The standard InChI is InChI=1S/C13H26N4/c1-12-6-8-17(10-9-15(2)3)13(5-7-14)11-16(12)4/h12-13H,5-6,8-11H2,1-4H3. The third-order valence-corrected chi connectivity index (χ3v) is 3.76. The first-order valence-corrected chi connectivity index (χ1v) is 6.50. The Balaban J connectivity index is 2.60. The third-order valence-electron chi connectivity index (χ3n) is 3.76. The van der Waals surface area contributed by atoms with Crippen LogP contribution in [0.5, 0.6) is 0 Å². The Hall–Kier alpha value is -0.630. The monoisotopic (exact) mass is 238 g/mol. The lowest BCUT2D eigenvalue weighted by Gasteiger charge is -2.30. The van der Waals surface area contributed by atoms with E-state index < -0.39 is 0 Å². The van der Waals surface area contributed by atoms with E-state index in [2.05, 4.69) is 48.8 Å². The first kappa shape index (κ1) is 14.4. The van der Waals surface area contributed by atoms with Crippen molar-refractivity contribution in [1.29, 1.82) is 5.26 Å². The molecule has 1 aliphatic heterocycles. The normalized spacial score (nSPS) is 28.0. The van der Waals surface area contributed by atoms with Crippen molar-refractivity contribution < 1.29 is 0 Å². The summed E-state index contributed by atoms with van der Waals surface area (Å²) in [6.45, 7) is 6.55. The Kier molecular flexibility index (Phi) is 5.90. The van der Waals surface area contributed by atoms with Crippen molar-refractivity contribution in [2.45, 2.75) is 31.8 Å². The van der Waals surface area contributed by atoms with Crippen LogP contribution in [0.3, 0.4) is 0 Å². The molecule has 0 amide bonds. The number of nitrogens with zero attached hydrogens (tertiary/aromatic N) is 4. The highest BCUT2D eigenvalue weighted by Gasteiger charge is 2.26. The molecule has 1 rings (SSSR count). The van der Waals surface area contributed by atoms with Crippen molar-refractivity contribution >= 4 is 0 Å². The van der Waals surface area contributed by atoms with Crippen molar-refractivity contribution in [3.8, 4) is 6.07 Å². The summed E-state index contributed by atoms with van der Waals surface area (Å²) in [5.74, 6) is 0. The van der Waals surface area contributed by atoms with Crippen LogP contribution in [0.15, 0.2) is 0 Å². The van der Waals surface area contributed by atoms with Crippen LogP contribution in [0.4, 0.5) is 0 Å². The van der Waals surface area contributed by atoms with Gasteiger partial charge in [0.25, 0.3) is 0 Å². The van der Waals surface area contributed by atoms with Gasteiger partial charge in [-0.15, -0.1) is 0 Å². The largest absolute Gasteiger partial charge is 0.308 e. The van der Waals surface area contributed by atoms with Gasteiger partial charge >= 0.3 is 0 Å². The van der Waals surface area contributed by atoms with Gasteiger partial charge in [0.2, 0.25) is 0 Å². The van der Waals surface area contributed by atoms with E-state index >= 15 is 0 Å². The molecule has 0 radical (unpaired) electrons. The number of likely N-dealkylation sites (N-methyl/N-ethyl adjacent to an activating group) is 2. The fourth-order valence-corrected chi connectivity index (χ4v) is 2.31. The average Bonchev–Trinajstić information content (AvgIpc) is 2.39. The molecule has 0 aliphatic carbocycles. The molecule has 98 valence electrons. The Bertz CT molecular complexity index is 257. The molecule has 0 aromatic rings. The highest BCUT2D eigenvalue weighted by atomic mass is 15.3. The second-order valence-electron chi connectivity index (χ2n) is 5.43. The average molecular weight is 238 g/mol. The molecule has 1 aliphatic rings. The van der Waals surface area contributed by atoms with E-state index in [1.165, 1.54) is 6.42 Å². The third kappa shape index (κ3) is 4.63. The maximum atomic E-state index is 8.95. The number of rotatable bonds is 4. The SMILES string of the molecule is CC1CCN(CCN(C)C)C(CC#N)CN1C. The molecule has 1 fully saturated rings. The zero-order valence-electron chi connectivity index (χ0n) is 11.7. The van der Waals surface area contributed by atoms with Crippen molar-refractivity contribution in [2.75, 3.05) is 47.3 Å². The maximum Gasteiger partial charge on any atom is 0.0638 e. The van der Waals surface area contributed by atoms with Crippen LogP contribution < -0.4 is 0 Å². The summed E-state index contributed by atoms with van der Waals surface area (Å²) in [6.07, 6.45) is 1.84. The van der Waals surface area contributed by atoms with Gasteiger partial charge in [-0.25, -0.2) is 0 Å². The summed E-state index contributed by atoms with van der Waals surface area (Å²) in [7, 11) is 6.38. The number of hydrogen-bond donors (Lipinski definition) is 0. The lowest BCUT2D eigenvalue weighted by Crippen LogP contribution is -2.43. The zero-order chi connectivity index (χ0) is 12.8. The van der Waals surface area contributed by atoms with Gasteiger partial charge in [0.15, 0.2) is 0 Å². The molecule has 2 atom stereocenters. The minimum Gasteiger partial charge on any atom is -0.308 e. The highest BCUT2D eigenvalue weighted by molar-refractivity contribution is 4.88. The fourth-order valence-electron chi connectivity index (χ4n) is 2.31. The summed E-state index contributed by atoms with van der Waals surface area (Å²) in [4.78, 5) is 7.09. The highest BCUT2D eigenvalue weighted by Crippen LogP contribution is 2.15. The summed E-state index contributed by atoms with van der Waals surface area (Å²) >= 11 is 0. The van der Waals surface area contributed by atoms with Crippen molar-refractivity contribution in [3.63, 3.8) is 0 Å². The maximum absolute atomic E-state index is 8.95. The van der Waals surface area contributed by atoms with Gasteiger partial charge in [-0.05, 0) is 34.5 Å². The van der Waals surface area contributed by atoms with E-state index in [9.17, 15) is 0 Å². The fraction of sp³-hybridized carbons (Fsp3) is 0.923. The first-order chi connectivity index (χ1) is 8.04. The van der Waals surface area contributed by atoms with Crippen LogP contribution in [0.25, 0.3) is 0 Å². The molecule has 0 aromatic heterocycles. The second kappa shape index (κ2) is 6.95. The van der Waals surface area contributed by atoms with Crippen molar-refractivity contribution in [1.82, 2.24) is 14.7 Å². The molecule has 4 nitrogen and oxygen atoms in total. The first-order valence-electron chi connectivity index (χ1n) is 6.50. The van der Waals surface area contributed by atoms with Gasteiger partial charge in [0, 0.05) is 38.3 Å². The van der Waals surface area contributed by atoms with Gasteiger partial charge in [-0.1, -0.05) is 0 Å². The lowest BCUT2D eigenvalue weighted by molar-refractivity contribution is 0.171. The Labute approximate surface area is 106 Å². The Morgan fingerprint density at radius 3 is 2.71 bits per heavy atom. The smallest absolute Gasteiger partial charge is 0.0638 e. The summed E-state index contributed by atoms with van der Waals surface area (Å²) in [5.41, 5.74) is 0. The topological polar surface area (TPSA) is 33.5 Å². The molecular weight excluding hydrogens is 212 g/mol. The summed E-state index contributed by atoms with van der Waals surface area (Å²) in [6, 6.07) is 3.36. The van der Waals surface area contributed by atoms with Gasteiger partial charge < -0.3 is 9.80 Å². The van der Waals surface area contributed by atoms with Gasteiger partial charge in [-0.2, -0.15) is 5.26 Å². The van der Waals surface area contributed by atoms with E-state index in [0.29, 0.717) is 18.5 Å². The Morgan fingerprint density at radius 1 is 1.41 bits per heavy atom. The molecule has 0 bridgehead atoms. The van der Waals surface area contributed by atoms with Crippen LogP contribution in [0, 0.1) is 11.3 Å². The molecule has 4 heteroatoms. The second-order valence-corrected chi connectivity index (χ2v) is 5.43. The Morgan fingerprint density at radius 2 is 2.12 bits per heavy atom. The van der Waals surface area contributed by atoms with Crippen LogP contribution in [0.1, 0.15) is 19.8 Å². The minimum absolute atomic E-state index is 0.398. The molecule has 1 heterocycles. The van der Waals surface area contributed by atoms with Crippen molar-refractivity contribution in [3.05, 3.63) is 0 Å². The number of nitriles is 1. The molecule has 1 saturated heterocycles. The number of hydrogen-bond acceptors (Lipinski definition) is 4. The zero-order valence-corrected chi connectivity index (χ0v) is 11.7. The molecule has 0 aromatic carbocycles. The predicted octanol–water partition coefficient (Wildman–Crippen LogP) is 0.856.